The first-order valence-electron chi connectivity index (χ1n) is 7.83. The molecular weight excluding hydrogens is 286 g/mol. The van der Waals surface area contributed by atoms with Gasteiger partial charge in [0.05, 0.1) is 6.61 Å². The minimum atomic E-state index is 0.174. The zero-order valence-electron chi connectivity index (χ0n) is 12.3. The molecule has 2 saturated heterocycles. The molecule has 21 heavy (non-hydrogen) atoms. The summed E-state index contributed by atoms with van der Waals surface area (Å²) in [4.78, 5) is 0.922. The number of aromatic nitrogens is 4. The predicted molar refractivity (Wildman–Crippen MR) is 80.9 cm³/mol. The molecule has 1 N–H and O–H groups in total. The van der Waals surface area contributed by atoms with Crippen LogP contribution in [0.3, 0.4) is 0 Å². The molecule has 2 aliphatic heterocycles. The number of rotatable bonds is 3. The second-order valence-electron chi connectivity index (χ2n) is 6.13. The second kappa shape index (κ2) is 5.30. The van der Waals surface area contributed by atoms with Crippen LogP contribution in [0.2, 0.25) is 0 Å². The highest BCUT2D eigenvalue weighted by molar-refractivity contribution is 7.16. The highest BCUT2D eigenvalue weighted by Crippen LogP contribution is 2.37. The van der Waals surface area contributed by atoms with Gasteiger partial charge in [-0.2, -0.15) is 9.61 Å². The third-order valence-electron chi connectivity index (χ3n) is 4.91. The van der Waals surface area contributed by atoms with Crippen molar-refractivity contribution in [2.24, 2.45) is 0 Å². The molecule has 0 radical (unpaired) electrons. The summed E-state index contributed by atoms with van der Waals surface area (Å²) in [5.41, 5.74) is 0.174. The van der Waals surface area contributed by atoms with Gasteiger partial charge in [0, 0.05) is 24.5 Å². The molecule has 0 spiro atoms. The maximum absolute atomic E-state index is 5.48. The van der Waals surface area contributed by atoms with Crippen LogP contribution in [0.15, 0.2) is 0 Å². The van der Waals surface area contributed by atoms with Gasteiger partial charge in [-0.3, -0.25) is 0 Å². The fraction of sp³-hybridized carbons (Fsp3) is 0.786. The quantitative estimate of drug-likeness (QED) is 0.935. The van der Waals surface area contributed by atoms with Crippen molar-refractivity contribution in [1.29, 1.82) is 0 Å². The first-order chi connectivity index (χ1) is 10.3. The van der Waals surface area contributed by atoms with E-state index in [0.717, 1.165) is 49.9 Å². The lowest BCUT2D eigenvalue weighted by atomic mass is 9.79. The molecule has 0 aromatic carbocycles. The monoisotopic (exact) mass is 307 g/mol. The van der Waals surface area contributed by atoms with Gasteiger partial charge in [-0.1, -0.05) is 18.3 Å². The van der Waals surface area contributed by atoms with Crippen LogP contribution in [0.1, 0.15) is 49.4 Å². The summed E-state index contributed by atoms with van der Waals surface area (Å²) in [5, 5.41) is 18.3. The molecule has 0 saturated carbocycles. The molecule has 0 aliphatic carbocycles. The normalized spacial score (nSPS) is 30.2. The maximum atomic E-state index is 5.48. The summed E-state index contributed by atoms with van der Waals surface area (Å²) in [7, 11) is 0. The number of nitrogens with one attached hydrogen (secondary N) is 1. The fourth-order valence-electron chi connectivity index (χ4n) is 3.44. The molecule has 7 heteroatoms. The first kappa shape index (κ1) is 13.6. The van der Waals surface area contributed by atoms with E-state index in [4.69, 9.17) is 9.84 Å². The van der Waals surface area contributed by atoms with Crippen LogP contribution in [0.4, 0.5) is 0 Å². The van der Waals surface area contributed by atoms with Gasteiger partial charge in [-0.05, 0) is 32.2 Å². The lowest BCUT2D eigenvalue weighted by molar-refractivity contribution is 0.193. The van der Waals surface area contributed by atoms with Crippen molar-refractivity contribution in [3.63, 3.8) is 0 Å². The highest BCUT2D eigenvalue weighted by Gasteiger charge is 2.36. The van der Waals surface area contributed by atoms with E-state index in [1.807, 2.05) is 4.52 Å². The van der Waals surface area contributed by atoms with E-state index in [9.17, 15) is 0 Å². The average molecular weight is 307 g/mol. The van der Waals surface area contributed by atoms with Gasteiger partial charge in [0.15, 0.2) is 5.82 Å². The van der Waals surface area contributed by atoms with Crippen molar-refractivity contribution in [1.82, 2.24) is 25.1 Å². The Balaban J connectivity index is 1.73. The van der Waals surface area contributed by atoms with Crippen molar-refractivity contribution in [3.8, 4) is 0 Å². The van der Waals surface area contributed by atoms with E-state index >= 15 is 0 Å². The van der Waals surface area contributed by atoms with Crippen molar-refractivity contribution in [3.05, 3.63) is 10.8 Å². The molecule has 2 unspecified atom stereocenters. The third kappa shape index (κ3) is 2.18. The summed E-state index contributed by atoms with van der Waals surface area (Å²) < 4.78 is 7.44. The van der Waals surface area contributed by atoms with Crippen molar-refractivity contribution >= 4 is 16.3 Å². The lowest BCUT2D eigenvalue weighted by Gasteiger charge is -2.34. The van der Waals surface area contributed by atoms with E-state index in [0.29, 0.717) is 5.92 Å². The standard InChI is InChI=1S/C14H21N5OS/c1-2-14(5-3-6-15-9-14)12-18-19-11(10-4-7-20-8-10)16-17-13(19)21-12/h10,15H,2-9H2,1H3. The molecule has 2 aliphatic rings. The summed E-state index contributed by atoms with van der Waals surface area (Å²) >= 11 is 1.70. The Morgan fingerprint density at radius 2 is 2.43 bits per heavy atom. The van der Waals surface area contributed by atoms with Gasteiger partial charge in [-0.15, -0.1) is 10.2 Å². The fourth-order valence-corrected chi connectivity index (χ4v) is 4.58. The van der Waals surface area contributed by atoms with Gasteiger partial charge < -0.3 is 10.1 Å². The second-order valence-corrected chi connectivity index (χ2v) is 7.09. The number of hydrogen-bond acceptors (Lipinski definition) is 6. The Kier molecular flexibility index (Phi) is 3.43. The first-order valence-corrected chi connectivity index (χ1v) is 8.65. The molecule has 2 fully saturated rings. The molecule has 114 valence electrons. The minimum absolute atomic E-state index is 0.174. The van der Waals surface area contributed by atoms with Crippen LogP contribution in [-0.2, 0) is 10.2 Å². The smallest absolute Gasteiger partial charge is 0.234 e. The number of hydrogen-bond donors (Lipinski definition) is 1. The number of nitrogens with zero attached hydrogens (tertiary/aromatic N) is 4. The van der Waals surface area contributed by atoms with E-state index in [-0.39, 0.29) is 5.41 Å². The molecule has 6 nitrogen and oxygen atoms in total. The van der Waals surface area contributed by atoms with Crippen LogP contribution in [-0.4, -0.2) is 46.1 Å². The average Bonchev–Trinajstić information content (AvgIpc) is 3.23. The Hall–Kier alpha value is -1.05. The lowest BCUT2D eigenvalue weighted by Crippen LogP contribution is -2.43. The van der Waals surface area contributed by atoms with Gasteiger partial charge in [0.2, 0.25) is 4.96 Å². The Bertz CT molecular complexity index is 624. The van der Waals surface area contributed by atoms with Crippen LogP contribution < -0.4 is 5.32 Å². The van der Waals surface area contributed by atoms with Crippen LogP contribution >= 0.6 is 11.3 Å². The number of ether oxygens (including phenoxy) is 1. The predicted octanol–water partition coefficient (Wildman–Crippen LogP) is 1.72. The van der Waals surface area contributed by atoms with Gasteiger partial charge in [-0.25, -0.2) is 0 Å². The van der Waals surface area contributed by atoms with Gasteiger partial charge in [0.25, 0.3) is 0 Å². The topological polar surface area (TPSA) is 64.3 Å². The van der Waals surface area contributed by atoms with Crippen molar-refractivity contribution in [2.75, 3.05) is 26.3 Å². The summed E-state index contributed by atoms with van der Waals surface area (Å²) in [6.45, 7) is 5.97. The largest absolute Gasteiger partial charge is 0.381 e. The molecule has 0 bridgehead atoms. The summed E-state index contributed by atoms with van der Waals surface area (Å²) in [5.74, 6) is 1.32. The van der Waals surface area contributed by atoms with E-state index in [1.165, 1.54) is 17.8 Å². The Morgan fingerprint density at radius 1 is 1.48 bits per heavy atom. The molecule has 4 heterocycles. The molecule has 0 amide bonds. The molecular formula is C14H21N5OS. The molecule has 2 aromatic rings. The van der Waals surface area contributed by atoms with Crippen molar-refractivity contribution in [2.45, 2.75) is 43.9 Å². The molecule has 2 aromatic heterocycles. The van der Waals surface area contributed by atoms with Crippen LogP contribution in [0.5, 0.6) is 0 Å². The number of piperidine rings is 1. The van der Waals surface area contributed by atoms with Crippen molar-refractivity contribution < 1.29 is 4.74 Å². The zero-order valence-corrected chi connectivity index (χ0v) is 13.2. The van der Waals surface area contributed by atoms with E-state index in [1.54, 1.807) is 11.3 Å². The zero-order chi connectivity index (χ0) is 14.3. The van der Waals surface area contributed by atoms with E-state index in [2.05, 4.69) is 22.4 Å². The number of fused-ring (bicyclic) bond motifs is 1. The van der Waals surface area contributed by atoms with Gasteiger partial charge in [0.1, 0.15) is 5.01 Å². The Labute approximate surface area is 127 Å². The minimum Gasteiger partial charge on any atom is -0.381 e. The van der Waals surface area contributed by atoms with Gasteiger partial charge >= 0.3 is 0 Å². The summed E-state index contributed by atoms with van der Waals surface area (Å²) in [6.07, 6.45) is 4.57. The van der Waals surface area contributed by atoms with Crippen LogP contribution in [0.25, 0.3) is 4.96 Å². The SMILES string of the molecule is CCC1(c2nn3c(C4CCOC4)nnc3s2)CCCNC1. The Morgan fingerprint density at radius 3 is 3.14 bits per heavy atom. The van der Waals surface area contributed by atoms with E-state index < -0.39 is 0 Å². The molecule has 4 rings (SSSR count). The third-order valence-corrected chi connectivity index (χ3v) is 6.06. The van der Waals surface area contributed by atoms with Crippen LogP contribution in [0, 0.1) is 0 Å². The molecule has 2 atom stereocenters. The highest BCUT2D eigenvalue weighted by atomic mass is 32.1. The maximum Gasteiger partial charge on any atom is 0.234 e. The summed E-state index contributed by atoms with van der Waals surface area (Å²) in [6, 6.07) is 0.